The molecule has 0 aromatic heterocycles. The lowest BCUT2D eigenvalue weighted by Gasteiger charge is -2.35. The van der Waals surface area contributed by atoms with Gasteiger partial charge < -0.3 is 15.0 Å². The van der Waals surface area contributed by atoms with Gasteiger partial charge in [0, 0.05) is 13.7 Å². The van der Waals surface area contributed by atoms with Crippen molar-refractivity contribution in [3.05, 3.63) is 0 Å². The van der Waals surface area contributed by atoms with E-state index >= 15 is 0 Å². The topological polar surface area (TPSA) is 24.5 Å². The molecule has 2 saturated heterocycles. The lowest BCUT2D eigenvalue weighted by atomic mass is 9.94. The largest absolute Gasteiger partial charge is 0.377 e. The molecule has 1 atom stereocenters. The van der Waals surface area contributed by atoms with Gasteiger partial charge in [0.1, 0.15) is 0 Å². The van der Waals surface area contributed by atoms with Crippen molar-refractivity contribution >= 4 is 0 Å². The maximum absolute atomic E-state index is 5.84. The molecule has 1 N–H and O–H groups in total. The Kier molecular flexibility index (Phi) is 4.00. The zero-order valence-corrected chi connectivity index (χ0v) is 9.93. The first-order valence-electron chi connectivity index (χ1n) is 6.33. The van der Waals surface area contributed by atoms with Crippen LogP contribution in [-0.2, 0) is 4.74 Å². The fourth-order valence-corrected chi connectivity index (χ4v) is 2.88. The number of hydrogen-bond donors (Lipinski definition) is 1. The molecule has 0 aromatic carbocycles. The lowest BCUT2D eigenvalue weighted by Crippen LogP contribution is -2.44. The van der Waals surface area contributed by atoms with Gasteiger partial charge in [-0.3, -0.25) is 0 Å². The number of nitrogens with one attached hydrogen (secondary N) is 1. The molecule has 0 saturated carbocycles. The molecule has 0 bridgehead atoms. The van der Waals surface area contributed by atoms with Crippen molar-refractivity contribution in [2.45, 2.75) is 37.7 Å². The van der Waals surface area contributed by atoms with Crippen molar-refractivity contribution in [1.82, 2.24) is 10.2 Å². The van der Waals surface area contributed by atoms with E-state index in [1.165, 1.54) is 45.2 Å². The average Bonchev–Trinajstić information content (AvgIpc) is 2.64. The fourth-order valence-electron chi connectivity index (χ4n) is 2.88. The molecule has 0 aromatic rings. The number of methoxy groups -OCH3 is 1. The molecule has 2 aliphatic rings. The van der Waals surface area contributed by atoms with Crippen LogP contribution in [0.4, 0.5) is 0 Å². The van der Waals surface area contributed by atoms with Crippen LogP contribution in [0.15, 0.2) is 0 Å². The second-order valence-corrected chi connectivity index (χ2v) is 4.97. The van der Waals surface area contributed by atoms with Crippen LogP contribution >= 0.6 is 0 Å². The summed E-state index contributed by atoms with van der Waals surface area (Å²) in [5.41, 5.74) is 0.133. The van der Waals surface area contributed by atoms with Gasteiger partial charge in [-0.2, -0.15) is 0 Å². The minimum atomic E-state index is 0.133. The predicted octanol–water partition coefficient (Wildman–Crippen LogP) is 1.24. The molecule has 2 heterocycles. The highest BCUT2D eigenvalue weighted by Gasteiger charge is 2.33. The summed E-state index contributed by atoms with van der Waals surface area (Å²) in [5, 5.41) is 3.46. The fraction of sp³-hybridized carbons (Fsp3) is 1.00. The minimum absolute atomic E-state index is 0.133. The molecule has 0 spiro atoms. The van der Waals surface area contributed by atoms with Crippen LogP contribution < -0.4 is 5.32 Å². The molecular weight excluding hydrogens is 188 g/mol. The SMILES string of the molecule is COC1(CN2CCCC2)CCCNCC1. The molecular formula is C12H24N2O. The molecule has 2 rings (SSSR count). The second kappa shape index (κ2) is 5.28. The van der Waals surface area contributed by atoms with E-state index in [4.69, 9.17) is 4.74 Å². The first-order chi connectivity index (χ1) is 7.35. The molecule has 3 nitrogen and oxygen atoms in total. The van der Waals surface area contributed by atoms with E-state index in [-0.39, 0.29) is 5.60 Å². The normalized spacial score (nSPS) is 34.2. The molecule has 88 valence electrons. The van der Waals surface area contributed by atoms with Crippen molar-refractivity contribution in [1.29, 1.82) is 0 Å². The van der Waals surface area contributed by atoms with Gasteiger partial charge >= 0.3 is 0 Å². The summed E-state index contributed by atoms with van der Waals surface area (Å²) >= 11 is 0. The van der Waals surface area contributed by atoms with Gasteiger partial charge in [-0.1, -0.05) is 0 Å². The van der Waals surface area contributed by atoms with Crippen LogP contribution in [-0.4, -0.2) is 50.3 Å². The summed E-state index contributed by atoms with van der Waals surface area (Å²) in [7, 11) is 1.89. The average molecular weight is 212 g/mol. The second-order valence-electron chi connectivity index (χ2n) is 4.97. The van der Waals surface area contributed by atoms with E-state index in [0.717, 1.165) is 19.6 Å². The van der Waals surface area contributed by atoms with Crippen LogP contribution in [0.1, 0.15) is 32.1 Å². The lowest BCUT2D eigenvalue weighted by molar-refractivity contribution is -0.0414. The van der Waals surface area contributed by atoms with E-state index in [2.05, 4.69) is 10.2 Å². The van der Waals surface area contributed by atoms with Gasteiger partial charge in [0.2, 0.25) is 0 Å². The van der Waals surface area contributed by atoms with Crippen molar-refractivity contribution in [2.75, 3.05) is 39.8 Å². The van der Waals surface area contributed by atoms with E-state index in [1.807, 2.05) is 7.11 Å². The Labute approximate surface area is 93.2 Å². The molecule has 2 fully saturated rings. The third kappa shape index (κ3) is 2.92. The Hall–Kier alpha value is -0.120. The molecule has 0 radical (unpaired) electrons. The van der Waals surface area contributed by atoms with Gasteiger partial charge in [-0.15, -0.1) is 0 Å². The van der Waals surface area contributed by atoms with Crippen molar-refractivity contribution in [2.24, 2.45) is 0 Å². The first-order valence-corrected chi connectivity index (χ1v) is 6.33. The summed E-state index contributed by atoms with van der Waals surface area (Å²) in [4.78, 5) is 2.58. The van der Waals surface area contributed by atoms with Gasteiger partial charge in [0.15, 0.2) is 0 Å². The molecule has 15 heavy (non-hydrogen) atoms. The molecule has 0 amide bonds. The zero-order chi connectivity index (χ0) is 10.6. The van der Waals surface area contributed by atoms with Crippen LogP contribution in [0.25, 0.3) is 0 Å². The summed E-state index contributed by atoms with van der Waals surface area (Å²) in [6, 6.07) is 0. The number of rotatable bonds is 3. The van der Waals surface area contributed by atoms with Crippen molar-refractivity contribution in [3.63, 3.8) is 0 Å². The van der Waals surface area contributed by atoms with E-state index < -0.39 is 0 Å². The third-order valence-electron chi connectivity index (χ3n) is 3.89. The number of hydrogen-bond acceptors (Lipinski definition) is 3. The Morgan fingerprint density at radius 3 is 2.67 bits per heavy atom. The predicted molar refractivity (Wildman–Crippen MR) is 62.1 cm³/mol. The van der Waals surface area contributed by atoms with Gasteiger partial charge in [0.05, 0.1) is 5.60 Å². The Morgan fingerprint density at radius 2 is 1.93 bits per heavy atom. The molecule has 1 unspecified atom stereocenters. The number of ether oxygens (including phenoxy) is 1. The zero-order valence-electron chi connectivity index (χ0n) is 9.93. The summed E-state index contributed by atoms with van der Waals surface area (Å²) in [6.45, 7) is 5.97. The summed E-state index contributed by atoms with van der Waals surface area (Å²) < 4.78 is 5.84. The number of likely N-dealkylation sites (tertiary alicyclic amines) is 1. The molecule has 2 aliphatic heterocycles. The van der Waals surface area contributed by atoms with E-state index in [1.54, 1.807) is 0 Å². The molecule has 0 aliphatic carbocycles. The monoisotopic (exact) mass is 212 g/mol. The highest BCUT2D eigenvalue weighted by atomic mass is 16.5. The van der Waals surface area contributed by atoms with Crippen LogP contribution in [0.3, 0.4) is 0 Å². The highest BCUT2D eigenvalue weighted by Crippen LogP contribution is 2.26. The van der Waals surface area contributed by atoms with E-state index in [9.17, 15) is 0 Å². The van der Waals surface area contributed by atoms with Gasteiger partial charge in [0.25, 0.3) is 0 Å². The maximum atomic E-state index is 5.84. The smallest absolute Gasteiger partial charge is 0.0817 e. The Balaban J connectivity index is 1.92. The van der Waals surface area contributed by atoms with Gasteiger partial charge in [-0.25, -0.2) is 0 Å². The van der Waals surface area contributed by atoms with Crippen molar-refractivity contribution in [3.8, 4) is 0 Å². The maximum Gasteiger partial charge on any atom is 0.0817 e. The number of nitrogens with zero attached hydrogens (tertiary/aromatic N) is 1. The van der Waals surface area contributed by atoms with Crippen LogP contribution in [0.2, 0.25) is 0 Å². The van der Waals surface area contributed by atoms with Crippen LogP contribution in [0, 0.1) is 0 Å². The standard InChI is InChI=1S/C12H24N2O/c1-15-12(5-4-7-13-8-6-12)11-14-9-2-3-10-14/h13H,2-11H2,1H3. The molecule has 3 heteroatoms. The Bertz CT molecular complexity index is 182. The highest BCUT2D eigenvalue weighted by molar-refractivity contribution is 4.88. The quantitative estimate of drug-likeness (QED) is 0.762. The summed E-state index contributed by atoms with van der Waals surface area (Å²) in [6.07, 6.45) is 6.38. The van der Waals surface area contributed by atoms with E-state index in [0.29, 0.717) is 0 Å². The third-order valence-corrected chi connectivity index (χ3v) is 3.89. The first kappa shape index (κ1) is 11.4. The van der Waals surface area contributed by atoms with Gasteiger partial charge in [-0.05, 0) is 58.3 Å². The van der Waals surface area contributed by atoms with Crippen molar-refractivity contribution < 1.29 is 4.74 Å². The van der Waals surface area contributed by atoms with Crippen LogP contribution in [0.5, 0.6) is 0 Å². The summed E-state index contributed by atoms with van der Waals surface area (Å²) in [5.74, 6) is 0. The Morgan fingerprint density at radius 1 is 1.13 bits per heavy atom. The minimum Gasteiger partial charge on any atom is -0.377 e.